The molecule has 0 bridgehead atoms. The first kappa shape index (κ1) is 18.3. The first-order valence-corrected chi connectivity index (χ1v) is 8.34. The van der Waals surface area contributed by atoms with Gasteiger partial charge in [0.15, 0.2) is 0 Å². The van der Waals surface area contributed by atoms with E-state index in [1.165, 1.54) is 18.6 Å². The molecule has 0 saturated carbocycles. The number of hydrogen-bond donors (Lipinski definition) is 3. The van der Waals surface area contributed by atoms with E-state index in [1.54, 1.807) is 12.1 Å². The van der Waals surface area contributed by atoms with E-state index in [0.717, 1.165) is 25.0 Å². The van der Waals surface area contributed by atoms with Crippen molar-refractivity contribution in [3.63, 3.8) is 0 Å². The van der Waals surface area contributed by atoms with Gasteiger partial charge >= 0.3 is 12.0 Å². The SMILES string of the molecule is CC(C)(CNC(=O)NCc1ccc(C(=O)O)cc1)C1CCCCO1. The largest absolute Gasteiger partial charge is 0.478 e. The monoisotopic (exact) mass is 334 g/mol. The molecule has 0 spiro atoms. The molecule has 6 nitrogen and oxygen atoms in total. The van der Waals surface area contributed by atoms with Crippen LogP contribution in [0.2, 0.25) is 0 Å². The van der Waals surface area contributed by atoms with E-state index in [9.17, 15) is 9.59 Å². The van der Waals surface area contributed by atoms with Crippen molar-refractivity contribution in [2.24, 2.45) is 5.41 Å². The van der Waals surface area contributed by atoms with Gasteiger partial charge in [-0.25, -0.2) is 9.59 Å². The minimum Gasteiger partial charge on any atom is -0.478 e. The second-order valence-corrected chi connectivity index (χ2v) is 6.88. The Morgan fingerprint density at radius 3 is 2.50 bits per heavy atom. The Bertz CT molecular complexity index is 563. The molecule has 0 aliphatic carbocycles. The van der Waals surface area contributed by atoms with Gasteiger partial charge in [-0.05, 0) is 37.0 Å². The zero-order valence-electron chi connectivity index (χ0n) is 14.3. The third-order valence-electron chi connectivity index (χ3n) is 4.41. The van der Waals surface area contributed by atoms with Gasteiger partial charge in [0.1, 0.15) is 0 Å². The lowest BCUT2D eigenvalue weighted by atomic mass is 9.82. The fourth-order valence-corrected chi connectivity index (χ4v) is 2.79. The second kappa shape index (κ2) is 8.15. The number of nitrogens with one attached hydrogen (secondary N) is 2. The number of rotatable bonds is 6. The van der Waals surface area contributed by atoms with Crippen LogP contribution in [0, 0.1) is 5.41 Å². The van der Waals surface area contributed by atoms with Gasteiger partial charge in [-0.2, -0.15) is 0 Å². The Hall–Kier alpha value is -2.08. The molecule has 1 saturated heterocycles. The summed E-state index contributed by atoms with van der Waals surface area (Å²) in [4.78, 5) is 22.8. The molecule has 1 aliphatic rings. The highest BCUT2D eigenvalue weighted by molar-refractivity contribution is 5.87. The van der Waals surface area contributed by atoms with Crippen molar-refractivity contribution in [1.29, 1.82) is 0 Å². The molecule has 1 fully saturated rings. The van der Waals surface area contributed by atoms with E-state index in [1.807, 2.05) is 0 Å². The standard InChI is InChI=1S/C18H26N2O4/c1-18(2,15-5-3-4-10-24-15)12-20-17(23)19-11-13-6-8-14(9-7-13)16(21)22/h6-9,15H,3-5,10-12H2,1-2H3,(H,21,22)(H2,19,20,23). The maximum absolute atomic E-state index is 12.0. The average molecular weight is 334 g/mol. The smallest absolute Gasteiger partial charge is 0.335 e. The number of ether oxygens (including phenoxy) is 1. The van der Waals surface area contributed by atoms with E-state index in [2.05, 4.69) is 24.5 Å². The number of benzene rings is 1. The molecule has 3 N–H and O–H groups in total. The van der Waals surface area contributed by atoms with E-state index < -0.39 is 5.97 Å². The van der Waals surface area contributed by atoms with Crippen LogP contribution in [0.25, 0.3) is 0 Å². The number of aromatic carboxylic acids is 1. The van der Waals surface area contributed by atoms with Gasteiger partial charge in [0.25, 0.3) is 0 Å². The van der Waals surface area contributed by atoms with Gasteiger partial charge < -0.3 is 20.5 Å². The van der Waals surface area contributed by atoms with Gasteiger partial charge in [0.05, 0.1) is 11.7 Å². The molecule has 1 atom stereocenters. The Morgan fingerprint density at radius 2 is 1.92 bits per heavy atom. The van der Waals surface area contributed by atoms with Crippen molar-refractivity contribution in [3.05, 3.63) is 35.4 Å². The molecular formula is C18H26N2O4. The third kappa shape index (κ3) is 5.23. The first-order chi connectivity index (χ1) is 11.4. The molecule has 1 aliphatic heterocycles. The molecular weight excluding hydrogens is 308 g/mol. The molecule has 0 aromatic heterocycles. The van der Waals surface area contributed by atoms with Crippen LogP contribution in [0.3, 0.4) is 0 Å². The van der Waals surface area contributed by atoms with Crippen LogP contribution in [-0.2, 0) is 11.3 Å². The van der Waals surface area contributed by atoms with Crippen LogP contribution in [0.4, 0.5) is 4.79 Å². The lowest BCUT2D eigenvalue weighted by Crippen LogP contribution is -2.46. The van der Waals surface area contributed by atoms with Crippen molar-refractivity contribution >= 4 is 12.0 Å². The fourth-order valence-electron chi connectivity index (χ4n) is 2.79. The Balaban J connectivity index is 1.75. The summed E-state index contributed by atoms with van der Waals surface area (Å²) < 4.78 is 5.82. The van der Waals surface area contributed by atoms with Crippen LogP contribution >= 0.6 is 0 Å². The summed E-state index contributed by atoms with van der Waals surface area (Å²) in [6.07, 6.45) is 3.50. The topological polar surface area (TPSA) is 87.7 Å². The molecule has 1 aromatic rings. The quantitative estimate of drug-likeness (QED) is 0.746. The molecule has 2 amide bonds. The normalized spacial score (nSPS) is 18.0. The zero-order valence-corrected chi connectivity index (χ0v) is 14.3. The van der Waals surface area contributed by atoms with Crippen molar-refractivity contribution in [1.82, 2.24) is 10.6 Å². The molecule has 1 unspecified atom stereocenters. The summed E-state index contributed by atoms with van der Waals surface area (Å²) >= 11 is 0. The maximum atomic E-state index is 12.0. The maximum Gasteiger partial charge on any atom is 0.335 e. The number of carboxylic acid groups (broad SMARTS) is 1. The predicted molar refractivity (Wildman–Crippen MR) is 91.0 cm³/mol. The number of amides is 2. The van der Waals surface area contributed by atoms with Crippen LogP contribution in [-0.4, -0.2) is 36.4 Å². The van der Waals surface area contributed by atoms with Gasteiger partial charge in [-0.1, -0.05) is 26.0 Å². The predicted octanol–water partition coefficient (Wildman–Crippen LogP) is 2.78. The van der Waals surface area contributed by atoms with E-state index in [-0.39, 0.29) is 23.1 Å². The van der Waals surface area contributed by atoms with E-state index in [4.69, 9.17) is 9.84 Å². The summed E-state index contributed by atoms with van der Waals surface area (Å²) in [6, 6.07) is 6.22. The number of urea groups is 1. The van der Waals surface area contributed by atoms with Crippen LogP contribution in [0.1, 0.15) is 49.0 Å². The Kier molecular flexibility index (Phi) is 6.20. The first-order valence-electron chi connectivity index (χ1n) is 8.34. The van der Waals surface area contributed by atoms with Gasteiger partial charge in [0.2, 0.25) is 0 Å². The van der Waals surface area contributed by atoms with Crippen molar-refractivity contribution < 1.29 is 19.4 Å². The second-order valence-electron chi connectivity index (χ2n) is 6.88. The minimum absolute atomic E-state index is 0.110. The third-order valence-corrected chi connectivity index (χ3v) is 4.41. The van der Waals surface area contributed by atoms with Gasteiger partial charge in [-0.3, -0.25) is 0 Å². The molecule has 1 aromatic carbocycles. The summed E-state index contributed by atoms with van der Waals surface area (Å²) in [5, 5.41) is 14.5. The van der Waals surface area contributed by atoms with Crippen LogP contribution < -0.4 is 10.6 Å². The molecule has 132 valence electrons. The highest BCUT2D eigenvalue weighted by Gasteiger charge is 2.32. The van der Waals surface area contributed by atoms with Crippen molar-refractivity contribution in [3.8, 4) is 0 Å². The Morgan fingerprint density at radius 1 is 1.21 bits per heavy atom. The Labute approximate surface area is 142 Å². The highest BCUT2D eigenvalue weighted by atomic mass is 16.5. The molecule has 1 heterocycles. The van der Waals surface area contributed by atoms with Crippen molar-refractivity contribution in [2.45, 2.75) is 45.8 Å². The van der Waals surface area contributed by atoms with E-state index >= 15 is 0 Å². The fraction of sp³-hybridized carbons (Fsp3) is 0.556. The molecule has 6 heteroatoms. The lowest BCUT2D eigenvalue weighted by molar-refractivity contribution is -0.0528. The van der Waals surface area contributed by atoms with Crippen molar-refractivity contribution in [2.75, 3.05) is 13.2 Å². The lowest BCUT2D eigenvalue weighted by Gasteiger charge is -2.36. The summed E-state index contributed by atoms with van der Waals surface area (Å²) in [6.45, 7) is 5.90. The van der Waals surface area contributed by atoms with E-state index in [0.29, 0.717) is 13.1 Å². The number of carboxylic acids is 1. The zero-order chi connectivity index (χ0) is 17.6. The molecule has 24 heavy (non-hydrogen) atoms. The number of carbonyl (C=O) groups is 2. The van der Waals surface area contributed by atoms with Gasteiger partial charge in [0, 0.05) is 25.1 Å². The molecule has 0 radical (unpaired) electrons. The van der Waals surface area contributed by atoms with Crippen LogP contribution in [0.15, 0.2) is 24.3 Å². The minimum atomic E-state index is -0.959. The van der Waals surface area contributed by atoms with Crippen LogP contribution in [0.5, 0.6) is 0 Å². The molecule has 2 rings (SSSR count). The summed E-state index contributed by atoms with van der Waals surface area (Å²) in [7, 11) is 0. The highest BCUT2D eigenvalue weighted by Crippen LogP contribution is 2.29. The summed E-state index contributed by atoms with van der Waals surface area (Å²) in [5.41, 5.74) is 0.975. The average Bonchev–Trinajstić information content (AvgIpc) is 2.59. The summed E-state index contributed by atoms with van der Waals surface area (Å²) in [5.74, 6) is -0.959. The number of carbonyl (C=O) groups excluding carboxylic acids is 1. The number of hydrogen-bond acceptors (Lipinski definition) is 3. The van der Waals surface area contributed by atoms with Gasteiger partial charge in [-0.15, -0.1) is 0 Å².